The number of rotatable bonds is 2. The van der Waals surface area contributed by atoms with Gasteiger partial charge in [-0.25, -0.2) is 19.4 Å². The van der Waals surface area contributed by atoms with Gasteiger partial charge in [0.15, 0.2) is 10.3 Å². The second-order valence-corrected chi connectivity index (χ2v) is 4.24. The molecule has 1 N–H and O–H groups in total. The maximum absolute atomic E-state index is 10.9. The quantitative estimate of drug-likeness (QED) is 0.861. The number of aromatic nitrogens is 4. The summed E-state index contributed by atoms with van der Waals surface area (Å²) in [5, 5.41) is 12.8. The van der Waals surface area contributed by atoms with Gasteiger partial charge >= 0.3 is 5.97 Å². The molecule has 0 amide bonds. The topological polar surface area (TPSA) is 80.9 Å². The van der Waals surface area contributed by atoms with Crippen LogP contribution in [0.2, 0.25) is 4.47 Å². The van der Waals surface area contributed by atoms with E-state index in [4.69, 9.17) is 16.7 Å². The molecule has 2 aromatic rings. The molecule has 78 valence electrons. The lowest BCUT2D eigenvalue weighted by atomic mass is 10.3. The van der Waals surface area contributed by atoms with Gasteiger partial charge in [0.2, 0.25) is 0 Å². The molecule has 2 heterocycles. The van der Waals surface area contributed by atoms with E-state index in [9.17, 15) is 4.79 Å². The minimum absolute atomic E-state index is 0.0658. The number of carboxylic acids is 1. The van der Waals surface area contributed by atoms with E-state index in [0.29, 0.717) is 5.82 Å². The van der Waals surface area contributed by atoms with Crippen LogP contribution in [0.3, 0.4) is 0 Å². The molecule has 0 aromatic carbocycles. The number of aryl methyl sites for hydroxylation is 1. The van der Waals surface area contributed by atoms with Crippen molar-refractivity contribution < 1.29 is 9.90 Å². The fourth-order valence-corrected chi connectivity index (χ4v) is 2.04. The summed E-state index contributed by atoms with van der Waals surface area (Å²) < 4.78 is 1.61. The van der Waals surface area contributed by atoms with Crippen LogP contribution in [0.4, 0.5) is 0 Å². The number of carboxylic acid groups (broad SMARTS) is 1. The molecule has 0 spiro atoms. The minimum atomic E-state index is -1.07. The first-order valence-electron chi connectivity index (χ1n) is 3.83. The van der Waals surface area contributed by atoms with Crippen molar-refractivity contribution in [3.8, 4) is 11.5 Å². The number of aromatic carboxylic acids is 1. The third-order valence-electron chi connectivity index (χ3n) is 1.72. The molecule has 0 aliphatic heterocycles. The van der Waals surface area contributed by atoms with Crippen molar-refractivity contribution in [2.45, 2.75) is 0 Å². The van der Waals surface area contributed by atoms with Crippen molar-refractivity contribution in [1.82, 2.24) is 19.7 Å². The summed E-state index contributed by atoms with van der Waals surface area (Å²) in [7, 11) is 1.65. The Balaban J connectivity index is 2.62. The molecule has 0 saturated heterocycles. The molecule has 0 unspecified atom stereocenters. The fourth-order valence-electron chi connectivity index (χ4n) is 1.10. The minimum Gasteiger partial charge on any atom is -0.477 e. The highest BCUT2D eigenvalue weighted by atomic mass is 35.5. The van der Waals surface area contributed by atoms with Crippen LogP contribution in [0.15, 0.2) is 6.33 Å². The van der Waals surface area contributed by atoms with Crippen molar-refractivity contribution in [3.63, 3.8) is 0 Å². The number of thiazole rings is 1. The summed E-state index contributed by atoms with van der Waals surface area (Å²) in [5.41, 5.74) is 0.248. The molecule has 0 bridgehead atoms. The third-order valence-corrected chi connectivity index (χ3v) is 2.87. The van der Waals surface area contributed by atoms with Gasteiger partial charge in [0.25, 0.3) is 0 Å². The fraction of sp³-hybridized carbons (Fsp3) is 0.143. The van der Waals surface area contributed by atoms with Gasteiger partial charge in [-0.3, -0.25) is 0 Å². The van der Waals surface area contributed by atoms with Crippen LogP contribution >= 0.6 is 22.9 Å². The molecule has 0 aliphatic carbocycles. The Hall–Kier alpha value is -1.47. The first-order chi connectivity index (χ1) is 7.09. The van der Waals surface area contributed by atoms with Crippen LogP contribution < -0.4 is 0 Å². The van der Waals surface area contributed by atoms with Crippen molar-refractivity contribution in [1.29, 1.82) is 0 Å². The number of carbonyl (C=O) groups is 1. The lowest BCUT2D eigenvalue weighted by molar-refractivity contribution is 0.0702. The Morgan fingerprint density at radius 2 is 2.40 bits per heavy atom. The number of hydrogen-bond donors (Lipinski definition) is 1. The molecule has 8 heteroatoms. The molecule has 2 aromatic heterocycles. The lowest BCUT2D eigenvalue weighted by Crippen LogP contribution is -2.00. The second kappa shape index (κ2) is 3.59. The summed E-state index contributed by atoms with van der Waals surface area (Å²) in [6.07, 6.45) is 1.33. The predicted molar refractivity (Wildman–Crippen MR) is 54.1 cm³/mol. The second-order valence-electron chi connectivity index (χ2n) is 2.66. The van der Waals surface area contributed by atoms with Crippen LogP contribution in [0.25, 0.3) is 11.5 Å². The normalized spacial score (nSPS) is 10.5. The van der Waals surface area contributed by atoms with Gasteiger partial charge in [0, 0.05) is 7.05 Å². The Bertz CT molecular complexity index is 521. The largest absolute Gasteiger partial charge is 0.477 e. The average molecular weight is 245 g/mol. The molecule has 0 aliphatic rings. The van der Waals surface area contributed by atoms with Gasteiger partial charge < -0.3 is 5.11 Å². The van der Waals surface area contributed by atoms with Crippen molar-refractivity contribution in [2.75, 3.05) is 0 Å². The zero-order valence-corrected chi connectivity index (χ0v) is 9.08. The van der Waals surface area contributed by atoms with Crippen molar-refractivity contribution in [3.05, 3.63) is 15.7 Å². The summed E-state index contributed by atoms with van der Waals surface area (Å²) >= 11 is 6.57. The van der Waals surface area contributed by atoms with E-state index in [2.05, 4.69) is 15.1 Å². The summed E-state index contributed by atoms with van der Waals surface area (Å²) in [6.45, 7) is 0. The summed E-state index contributed by atoms with van der Waals surface area (Å²) in [6, 6.07) is 0. The van der Waals surface area contributed by atoms with Crippen LogP contribution in [0.1, 0.15) is 9.67 Å². The van der Waals surface area contributed by atoms with E-state index < -0.39 is 5.97 Å². The van der Waals surface area contributed by atoms with E-state index >= 15 is 0 Å². The standard InChI is InChI=1S/C7H5ClN4O2S/c1-12-5(9-2-10-12)3-4(6(13)14)15-7(8)11-3/h2H,1H3,(H,13,14). The molecular weight excluding hydrogens is 240 g/mol. The number of hydrogen-bond acceptors (Lipinski definition) is 5. The van der Waals surface area contributed by atoms with Crippen molar-refractivity contribution in [2.24, 2.45) is 7.05 Å². The smallest absolute Gasteiger partial charge is 0.348 e. The van der Waals surface area contributed by atoms with Gasteiger partial charge in [-0.2, -0.15) is 5.10 Å². The average Bonchev–Trinajstić information content (AvgIpc) is 2.71. The van der Waals surface area contributed by atoms with E-state index in [1.807, 2.05) is 0 Å². The maximum atomic E-state index is 10.9. The molecule has 0 atom stereocenters. The number of nitrogens with zero attached hydrogens (tertiary/aromatic N) is 4. The predicted octanol–water partition coefficient (Wildman–Crippen LogP) is 1.29. The zero-order chi connectivity index (χ0) is 11.0. The van der Waals surface area contributed by atoms with Gasteiger partial charge in [0.1, 0.15) is 16.9 Å². The molecule has 0 fully saturated rings. The van der Waals surface area contributed by atoms with Crippen molar-refractivity contribution >= 4 is 28.9 Å². The molecular formula is C7H5ClN4O2S. The highest BCUT2D eigenvalue weighted by Crippen LogP contribution is 2.29. The van der Waals surface area contributed by atoms with Gasteiger partial charge in [-0.1, -0.05) is 22.9 Å². The third kappa shape index (κ3) is 1.71. The van der Waals surface area contributed by atoms with E-state index in [1.165, 1.54) is 11.0 Å². The zero-order valence-electron chi connectivity index (χ0n) is 7.51. The molecule has 0 saturated carbocycles. The highest BCUT2D eigenvalue weighted by molar-refractivity contribution is 7.17. The van der Waals surface area contributed by atoms with Crippen LogP contribution in [0.5, 0.6) is 0 Å². The summed E-state index contributed by atoms with van der Waals surface area (Å²) in [4.78, 5) is 18.8. The molecule has 15 heavy (non-hydrogen) atoms. The first kappa shape index (κ1) is 10.1. The Morgan fingerprint density at radius 1 is 1.67 bits per heavy atom. The van der Waals surface area contributed by atoms with Gasteiger partial charge in [-0.05, 0) is 0 Å². The molecule has 2 rings (SSSR count). The maximum Gasteiger partial charge on any atom is 0.348 e. The van der Waals surface area contributed by atoms with Crippen LogP contribution in [-0.2, 0) is 7.05 Å². The van der Waals surface area contributed by atoms with Gasteiger partial charge in [-0.15, -0.1) is 0 Å². The number of halogens is 1. The monoisotopic (exact) mass is 244 g/mol. The van der Waals surface area contributed by atoms with Gasteiger partial charge in [0.05, 0.1) is 0 Å². The first-order valence-corrected chi connectivity index (χ1v) is 5.03. The van der Waals surface area contributed by atoms with E-state index in [-0.39, 0.29) is 15.0 Å². The Kier molecular flexibility index (Phi) is 2.41. The van der Waals surface area contributed by atoms with E-state index in [0.717, 1.165) is 11.3 Å². The van der Waals surface area contributed by atoms with E-state index in [1.54, 1.807) is 7.05 Å². The highest BCUT2D eigenvalue weighted by Gasteiger charge is 2.21. The van der Waals surface area contributed by atoms with Crippen LogP contribution in [-0.4, -0.2) is 30.8 Å². The molecule has 6 nitrogen and oxygen atoms in total. The molecule has 0 radical (unpaired) electrons. The summed E-state index contributed by atoms with van der Waals surface area (Å²) in [5.74, 6) is -0.687. The SMILES string of the molecule is Cn1ncnc1-c1nc(Cl)sc1C(=O)O. The van der Waals surface area contributed by atoms with Crippen LogP contribution in [0, 0.1) is 0 Å². The Morgan fingerprint density at radius 3 is 2.93 bits per heavy atom. The Labute approximate surface area is 93.2 Å². The lowest BCUT2D eigenvalue weighted by Gasteiger charge is -1.96.